The van der Waals surface area contributed by atoms with Crippen molar-refractivity contribution < 1.29 is 22.7 Å². The van der Waals surface area contributed by atoms with Gasteiger partial charge in [0.05, 0.1) is 18.0 Å². The van der Waals surface area contributed by atoms with Gasteiger partial charge in [0, 0.05) is 12.6 Å². The fourth-order valence-corrected chi connectivity index (χ4v) is 3.52. The number of carbonyl (C=O) groups is 1. The van der Waals surface area contributed by atoms with Crippen molar-refractivity contribution in [2.45, 2.75) is 19.9 Å². The van der Waals surface area contributed by atoms with Crippen LogP contribution in [0.25, 0.3) is 0 Å². The molecule has 0 saturated heterocycles. The maximum atomic E-state index is 12.7. The lowest BCUT2D eigenvalue weighted by Crippen LogP contribution is -2.28. The molecule has 7 nitrogen and oxygen atoms in total. The Morgan fingerprint density at radius 3 is 2.46 bits per heavy atom. The minimum absolute atomic E-state index is 0.263. The molecule has 0 radical (unpaired) electrons. The van der Waals surface area contributed by atoms with Gasteiger partial charge in [0.15, 0.2) is 11.5 Å². The Morgan fingerprint density at radius 2 is 1.79 bits per heavy atom. The Labute approximate surface area is 165 Å². The topological polar surface area (TPSA) is 84.9 Å². The summed E-state index contributed by atoms with van der Waals surface area (Å²) in [6.07, 6.45) is 1.13. The van der Waals surface area contributed by atoms with Gasteiger partial charge in [0.2, 0.25) is 10.0 Å². The van der Waals surface area contributed by atoms with Crippen LogP contribution in [0.4, 0.5) is 5.69 Å². The first-order valence-electron chi connectivity index (χ1n) is 8.92. The highest BCUT2D eigenvalue weighted by Gasteiger charge is 2.19. The van der Waals surface area contributed by atoms with Crippen LogP contribution in [0.15, 0.2) is 36.4 Å². The summed E-state index contributed by atoms with van der Waals surface area (Å²) >= 11 is 0. The quantitative estimate of drug-likeness (QED) is 0.828. The summed E-state index contributed by atoms with van der Waals surface area (Å²) in [6, 6.07) is 10.3. The van der Waals surface area contributed by atoms with Crippen LogP contribution in [-0.4, -0.2) is 40.8 Å². The van der Waals surface area contributed by atoms with Crippen LogP contribution in [0.3, 0.4) is 0 Å². The normalized spacial score (nSPS) is 14.3. The number of hydrogen-bond acceptors (Lipinski definition) is 5. The minimum Gasteiger partial charge on any atom is -0.486 e. The third-order valence-corrected chi connectivity index (χ3v) is 5.91. The molecule has 0 fully saturated rings. The standard InChI is InChI=1S/C20H24N2O5S/c1-13-5-6-16(11-17(13)22(3)28(4,24)25)20(23)21-14(2)15-7-8-18-19(12-15)27-10-9-26-18/h5-8,11-12,14H,9-10H2,1-4H3,(H,21,23). The lowest BCUT2D eigenvalue weighted by molar-refractivity contribution is 0.0939. The van der Waals surface area contributed by atoms with E-state index in [1.807, 2.05) is 25.1 Å². The monoisotopic (exact) mass is 404 g/mol. The summed E-state index contributed by atoms with van der Waals surface area (Å²) in [6.45, 7) is 4.70. The number of hydrogen-bond donors (Lipinski definition) is 1. The smallest absolute Gasteiger partial charge is 0.251 e. The maximum absolute atomic E-state index is 12.7. The Morgan fingerprint density at radius 1 is 1.11 bits per heavy atom. The lowest BCUT2D eigenvalue weighted by Gasteiger charge is -2.22. The van der Waals surface area contributed by atoms with Gasteiger partial charge in [-0.15, -0.1) is 0 Å². The van der Waals surface area contributed by atoms with Gasteiger partial charge >= 0.3 is 0 Å². The second-order valence-corrected chi connectivity index (χ2v) is 8.84. The van der Waals surface area contributed by atoms with Crippen molar-refractivity contribution in [2.75, 3.05) is 30.8 Å². The van der Waals surface area contributed by atoms with E-state index >= 15 is 0 Å². The number of benzene rings is 2. The van der Waals surface area contributed by atoms with E-state index in [0.717, 1.165) is 17.4 Å². The number of sulfonamides is 1. The van der Waals surface area contributed by atoms with Crippen molar-refractivity contribution in [1.82, 2.24) is 5.32 Å². The molecule has 8 heteroatoms. The van der Waals surface area contributed by atoms with Crippen molar-refractivity contribution in [1.29, 1.82) is 0 Å². The van der Waals surface area contributed by atoms with Crippen LogP contribution in [0.1, 0.15) is 34.5 Å². The first kappa shape index (κ1) is 20.0. The SMILES string of the molecule is Cc1ccc(C(=O)NC(C)c2ccc3c(c2)OCCO3)cc1N(C)S(C)(=O)=O. The van der Waals surface area contributed by atoms with E-state index in [0.29, 0.717) is 36.0 Å². The number of carbonyl (C=O) groups excluding carboxylic acids is 1. The van der Waals surface area contributed by atoms with Gasteiger partial charge in [0.1, 0.15) is 13.2 Å². The number of rotatable bonds is 5. The molecule has 2 aromatic carbocycles. The summed E-state index contributed by atoms with van der Waals surface area (Å²) < 4.78 is 36.0. The van der Waals surface area contributed by atoms with Gasteiger partial charge < -0.3 is 14.8 Å². The largest absolute Gasteiger partial charge is 0.486 e. The third-order valence-electron chi connectivity index (χ3n) is 4.72. The molecule has 0 saturated carbocycles. The van der Waals surface area contributed by atoms with Crippen LogP contribution in [-0.2, 0) is 10.0 Å². The van der Waals surface area contributed by atoms with Crippen molar-refractivity contribution in [3.8, 4) is 11.5 Å². The molecular weight excluding hydrogens is 380 g/mol. The maximum Gasteiger partial charge on any atom is 0.251 e. The van der Waals surface area contributed by atoms with Gasteiger partial charge in [-0.3, -0.25) is 9.10 Å². The molecule has 0 bridgehead atoms. The van der Waals surface area contributed by atoms with Gasteiger partial charge in [-0.25, -0.2) is 8.42 Å². The van der Waals surface area contributed by atoms with Gasteiger partial charge in [0.25, 0.3) is 5.91 Å². The van der Waals surface area contributed by atoms with E-state index in [-0.39, 0.29) is 11.9 Å². The Kier molecular flexibility index (Phi) is 5.51. The molecule has 1 unspecified atom stereocenters. The van der Waals surface area contributed by atoms with Crippen LogP contribution in [0.5, 0.6) is 11.5 Å². The molecule has 1 atom stereocenters. The van der Waals surface area contributed by atoms with Crippen molar-refractivity contribution in [3.63, 3.8) is 0 Å². The molecule has 1 aliphatic rings. The first-order chi connectivity index (χ1) is 13.2. The van der Waals surface area contributed by atoms with Gasteiger partial charge in [-0.05, 0) is 49.2 Å². The molecule has 2 aromatic rings. The van der Waals surface area contributed by atoms with E-state index in [1.54, 1.807) is 25.1 Å². The zero-order valence-corrected chi connectivity index (χ0v) is 17.2. The first-order valence-corrected chi connectivity index (χ1v) is 10.8. The average molecular weight is 404 g/mol. The average Bonchev–Trinajstić information content (AvgIpc) is 2.66. The van der Waals surface area contributed by atoms with Crippen LogP contribution >= 0.6 is 0 Å². The summed E-state index contributed by atoms with van der Waals surface area (Å²) in [5.41, 5.74) is 2.52. The van der Waals surface area contributed by atoms with Crippen molar-refractivity contribution in [3.05, 3.63) is 53.1 Å². The third kappa shape index (κ3) is 4.22. The Hall–Kier alpha value is -2.74. The van der Waals surface area contributed by atoms with E-state index in [4.69, 9.17) is 9.47 Å². The second kappa shape index (κ2) is 7.71. The number of anilines is 1. The van der Waals surface area contributed by atoms with E-state index in [2.05, 4.69) is 5.32 Å². The Bertz CT molecular complexity index is 1000. The van der Waals surface area contributed by atoms with Crippen molar-refractivity contribution in [2.24, 2.45) is 0 Å². The number of amides is 1. The van der Waals surface area contributed by atoms with E-state index in [1.165, 1.54) is 11.4 Å². The number of nitrogens with one attached hydrogen (secondary N) is 1. The van der Waals surface area contributed by atoms with Gasteiger partial charge in [-0.2, -0.15) is 0 Å². The minimum atomic E-state index is -3.42. The predicted molar refractivity (Wildman–Crippen MR) is 108 cm³/mol. The molecule has 0 aliphatic carbocycles. The zero-order chi connectivity index (χ0) is 20.5. The van der Waals surface area contributed by atoms with E-state index in [9.17, 15) is 13.2 Å². The fourth-order valence-electron chi connectivity index (χ4n) is 2.96. The van der Waals surface area contributed by atoms with Crippen LogP contribution in [0.2, 0.25) is 0 Å². The summed E-state index contributed by atoms with van der Waals surface area (Å²) in [4.78, 5) is 12.7. The molecule has 1 aliphatic heterocycles. The zero-order valence-electron chi connectivity index (χ0n) is 16.4. The molecule has 150 valence electrons. The molecule has 1 N–H and O–H groups in total. The number of fused-ring (bicyclic) bond motifs is 1. The van der Waals surface area contributed by atoms with Crippen LogP contribution in [0, 0.1) is 6.92 Å². The number of ether oxygens (including phenoxy) is 2. The molecule has 0 aromatic heterocycles. The fraction of sp³-hybridized carbons (Fsp3) is 0.350. The predicted octanol–water partition coefficient (Wildman–Crippen LogP) is 2.65. The van der Waals surface area contributed by atoms with Crippen molar-refractivity contribution >= 4 is 21.6 Å². The Balaban J connectivity index is 1.79. The molecule has 3 rings (SSSR count). The number of aryl methyl sites for hydroxylation is 1. The number of nitrogens with zero attached hydrogens (tertiary/aromatic N) is 1. The highest BCUT2D eigenvalue weighted by molar-refractivity contribution is 7.92. The second-order valence-electron chi connectivity index (χ2n) is 6.83. The van der Waals surface area contributed by atoms with Crippen LogP contribution < -0.4 is 19.1 Å². The molecule has 1 amide bonds. The molecular formula is C20H24N2O5S. The highest BCUT2D eigenvalue weighted by Crippen LogP contribution is 2.32. The summed E-state index contributed by atoms with van der Waals surface area (Å²) in [7, 11) is -1.95. The summed E-state index contributed by atoms with van der Waals surface area (Å²) in [5, 5.41) is 2.94. The molecule has 0 spiro atoms. The van der Waals surface area contributed by atoms with Gasteiger partial charge in [-0.1, -0.05) is 12.1 Å². The molecule has 28 heavy (non-hydrogen) atoms. The molecule has 1 heterocycles. The lowest BCUT2D eigenvalue weighted by atomic mass is 10.1. The van der Waals surface area contributed by atoms with E-state index < -0.39 is 10.0 Å². The highest BCUT2D eigenvalue weighted by atomic mass is 32.2. The summed E-state index contributed by atoms with van der Waals surface area (Å²) in [5.74, 6) is 1.07.